The second kappa shape index (κ2) is 8.79. The van der Waals surface area contributed by atoms with Gasteiger partial charge < -0.3 is 10.0 Å². The lowest BCUT2D eigenvalue weighted by atomic mass is 9.99. The summed E-state index contributed by atoms with van der Waals surface area (Å²) in [5.41, 5.74) is 5.79. The zero-order valence-electron chi connectivity index (χ0n) is 17.2. The van der Waals surface area contributed by atoms with Crippen LogP contribution in [0.4, 0.5) is 0 Å². The van der Waals surface area contributed by atoms with Crippen molar-refractivity contribution in [3.05, 3.63) is 77.6 Å². The standard InChI is InChI=1S/C24H25N3O2S/c1-17-3-4-18(2)22(15-17)27-14-11-25-24(27)30-16-23(29)26-12-9-20(10-13-26)19-5-7-21(28)8-6-19/h3-9,11,14-15,28H,10,12-13,16H2,1-2H3. The molecule has 0 unspecified atom stereocenters. The molecule has 0 saturated carbocycles. The van der Waals surface area contributed by atoms with Crippen LogP contribution in [0.25, 0.3) is 11.3 Å². The van der Waals surface area contributed by atoms with E-state index in [2.05, 4.69) is 47.7 Å². The van der Waals surface area contributed by atoms with Crippen molar-refractivity contribution in [2.75, 3.05) is 18.8 Å². The van der Waals surface area contributed by atoms with Crippen LogP contribution < -0.4 is 0 Å². The topological polar surface area (TPSA) is 58.4 Å². The normalized spacial score (nSPS) is 13.9. The predicted octanol–water partition coefficient (Wildman–Crippen LogP) is 4.60. The van der Waals surface area contributed by atoms with E-state index < -0.39 is 0 Å². The highest BCUT2D eigenvalue weighted by atomic mass is 32.2. The monoisotopic (exact) mass is 419 g/mol. The van der Waals surface area contributed by atoms with Crippen molar-refractivity contribution in [1.82, 2.24) is 14.5 Å². The number of phenolic OH excluding ortho intramolecular Hbond substituents is 1. The van der Waals surface area contributed by atoms with Gasteiger partial charge in [0.15, 0.2) is 5.16 Å². The molecule has 3 aromatic rings. The third-order valence-corrected chi connectivity index (χ3v) is 6.31. The molecule has 4 rings (SSSR count). The maximum absolute atomic E-state index is 12.8. The Balaban J connectivity index is 1.39. The van der Waals surface area contributed by atoms with Crippen molar-refractivity contribution < 1.29 is 9.90 Å². The molecule has 0 spiro atoms. The van der Waals surface area contributed by atoms with Crippen LogP contribution in [0, 0.1) is 13.8 Å². The second-order valence-corrected chi connectivity index (χ2v) is 8.47. The highest BCUT2D eigenvalue weighted by molar-refractivity contribution is 7.99. The van der Waals surface area contributed by atoms with Crippen molar-refractivity contribution in [3.8, 4) is 11.4 Å². The Morgan fingerprint density at radius 2 is 1.97 bits per heavy atom. The summed E-state index contributed by atoms with van der Waals surface area (Å²) in [5, 5.41) is 10.3. The van der Waals surface area contributed by atoms with Crippen molar-refractivity contribution in [3.63, 3.8) is 0 Å². The summed E-state index contributed by atoms with van der Waals surface area (Å²) in [7, 11) is 0. The summed E-state index contributed by atoms with van der Waals surface area (Å²) in [6.07, 6.45) is 6.65. The number of nitrogens with zero attached hydrogens (tertiary/aromatic N) is 3. The van der Waals surface area contributed by atoms with Gasteiger partial charge in [0, 0.05) is 25.5 Å². The van der Waals surface area contributed by atoms with E-state index in [1.54, 1.807) is 18.3 Å². The first-order valence-electron chi connectivity index (χ1n) is 10.0. The van der Waals surface area contributed by atoms with Crippen LogP contribution in [0.2, 0.25) is 0 Å². The second-order valence-electron chi connectivity index (χ2n) is 7.52. The number of imidazole rings is 1. The van der Waals surface area contributed by atoms with Gasteiger partial charge in [-0.3, -0.25) is 9.36 Å². The van der Waals surface area contributed by atoms with Gasteiger partial charge in [-0.1, -0.05) is 42.1 Å². The minimum atomic E-state index is 0.122. The molecular weight excluding hydrogens is 394 g/mol. The number of hydrogen-bond acceptors (Lipinski definition) is 4. The lowest BCUT2D eigenvalue weighted by Crippen LogP contribution is -2.35. The number of benzene rings is 2. The minimum Gasteiger partial charge on any atom is -0.508 e. The van der Waals surface area contributed by atoms with Gasteiger partial charge in [-0.2, -0.15) is 0 Å². The fourth-order valence-corrected chi connectivity index (χ4v) is 4.48. The third-order valence-electron chi connectivity index (χ3n) is 5.36. The lowest BCUT2D eigenvalue weighted by molar-refractivity contribution is -0.127. The van der Waals surface area contributed by atoms with Crippen LogP contribution >= 0.6 is 11.8 Å². The van der Waals surface area contributed by atoms with Crippen LogP contribution in [0.15, 0.2) is 66.1 Å². The first kappa shape index (κ1) is 20.3. The number of aryl methyl sites for hydroxylation is 2. The predicted molar refractivity (Wildman–Crippen MR) is 121 cm³/mol. The summed E-state index contributed by atoms with van der Waals surface area (Å²) >= 11 is 1.48. The van der Waals surface area contributed by atoms with E-state index in [1.165, 1.54) is 28.5 Å². The van der Waals surface area contributed by atoms with E-state index in [-0.39, 0.29) is 11.7 Å². The Kier molecular flexibility index (Phi) is 5.95. The lowest BCUT2D eigenvalue weighted by Gasteiger charge is -2.26. The SMILES string of the molecule is Cc1ccc(C)c(-n2ccnc2SCC(=O)N2CC=C(c3ccc(O)cc3)CC2)c1. The number of carbonyl (C=O) groups is 1. The van der Waals surface area contributed by atoms with E-state index in [0.717, 1.165) is 22.8 Å². The zero-order valence-corrected chi connectivity index (χ0v) is 18.0. The maximum atomic E-state index is 12.8. The molecule has 2 aromatic carbocycles. The molecule has 6 heteroatoms. The average Bonchev–Trinajstić information content (AvgIpc) is 3.23. The average molecular weight is 420 g/mol. The number of aromatic nitrogens is 2. The number of rotatable bonds is 5. The number of phenols is 1. The molecule has 1 aromatic heterocycles. The number of hydrogen-bond donors (Lipinski definition) is 1. The first-order valence-corrected chi connectivity index (χ1v) is 11.0. The number of thioether (sulfide) groups is 1. The number of carbonyl (C=O) groups excluding carboxylic acids is 1. The molecule has 1 aliphatic rings. The summed E-state index contributed by atoms with van der Waals surface area (Å²) in [5.74, 6) is 0.754. The largest absolute Gasteiger partial charge is 0.508 e. The van der Waals surface area contributed by atoms with Crippen molar-refractivity contribution in [1.29, 1.82) is 0 Å². The molecule has 0 atom stereocenters. The summed E-state index contributed by atoms with van der Waals surface area (Å²) < 4.78 is 2.05. The van der Waals surface area contributed by atoms with Crippen molar-refractivity contribution in [2.45, 2.75) is 25.4 Å². The van der Waals surface area contributed by atoms with Gasteiger partial charge in [0.05, 0.1) is 11.4 Å². The Bertz CT molecular complexity index is 1090. The van der Waals surface area contributed by atoms with Gasteiger partial charge in [-0.05, 0) is 60.7 Å². The summed E-state index contributed by atoms with van der Waals surface area (Å²) in [4.78, 5) is 19.1. The van der Waals surface area contributed by atoms with Crippen molar-refractivity contribution in [2.24, 2.45) is 0 Å². The Labute approximate surface area is 181 Å². The number of amides is 1. The van der Waals surface area contributed by atoms with Crippen molar-refractivity contribution >= 4 is 23.2 Å². The zero-order chi connectivity index (χ0) is 21.1. The maximum Gasteiger partial charge on any atom is 0.233 e. The molecule has 2 heterocycles. The molecule has 0 saturated heterocycles. The van der Waals surface area contributed by atoms with Crippen LogP contribution in [0.1, 0.15) is 23.1 Å². The Morgan fingerprint density at radius 3 is 2.70 bits per heavy atom. The number of aromatic hydroxyl groups is 1. The van der Waals surface area contributed by atoms with Crippen LogP contribution in [0.3, 0.4) is 0 Å². The first-order chi connectivity index (χ1) is 14.5. The van der Waals surface area contributed by atoms with Crippen LogP contribution in [-0.2, 0) is 4.79 Å². The van der Waals surface area contributed by atoms with E-state index in [9.17, 15) is 9.90 Å². The summed E-state index contributed by atoms with van der Waals surface area (Å²) in [6.45, 7) is 5.48. The molecule has 0 bridgehead atoms. The molecule has 0 radical (unpaired) electrons. The molecule has 5 nitrogen and oxygen atoms in total. The Morgan fingerprint density at radius 1 is 1.17 bits per heavy atom. The molecule has 154 valence electrons. The van der Waals surface area contributed by atoms with Crippen LogP contribution in [-0.4, -0.2) is 44.3 Å². The molecular formula is C24H25N3O2S. The van der Waals surface area contributed by atoms with E-state index >= 15 is 0 Å². The fourth-order valence-electron chi connectivity index (χ4n) is 3.61. The third kappa shape index (κ3) is 4.44. The van der Waals surface area contributed by atoms with E-state index in [4.69, 9.17) is 0 Å². The van der Waals surface area contributed by atoms with Gasteiger partial charge in [0.25, 0.3) is 0 Å². The molecule has 0 aliphatic carbocycles. The van der Waals surface area contributed by atoms with Gasteiger partial charge in [0.2, 0.25) is 5.91 Å². The molecule has 0 fully saturated rings. The minimum absolute atomic E-state index is 0.122. The van der Waals surface area contributed by atoms with E-state index in [0.29, 0.717) is 18.8 Å². The van der Waals surface area contributed by atoms with Gasteiger partial charge >= 0.3 is 0 Å². The quantitative estimate of drug-likeness (QED) is 0.614. The Hall–Kier alpha value is -2.99. The highest BCUT2D eigenvalue weighted by Gasteiger charge is 2.19. The van der Waals surface area contributed by atoms with Gasteiger partial charge in [-0.15, -0.1) is 0 Å². The smallest absolute Gasteiger partial charge is 0.233 e. The van der Waals surface area contributed by atoms with Crippen LogP contribution in [0.5, 0.6) is 5.75 Å². The fraction of sp³-hybridized carbons (Fsp3) is 0.250. The van der Waals surface area contributed by atoms with Gasteiger partial charge in [-0.25, -0.2) is 4.98 Å². The van der Waals surface area contributed by atoms with Gasteiger partial charge in [0.1, 0.15) is 5.75 Å². The summed E-state index contributed by atoms with van der Waals surface area (Å²) in [6, 6.07) is 13.6. The van der Waals surface area contributed by atoms with E-state index in [1.807, 2.05) is 23.2 Å². The molecule has 1 aliphatic heterocycles. The highest BCUT2D eigenvalue weighted by Crippen LogP contribution is 2.26. The molecule has 30 heavy (non-hydrogen) atoms. The molecule has 1 N–H and O–H groups in total. The molecule has 1 amide bonds.